The van der Waals surface area contributed by atoms with Gasteiger partial charge in [-0.05, 0) is 7.05 Å². The number of nitrogens with one attached hydrogen (secondary N) is 1. The van der Waals surface area contributed by atoms with Crippen LogP contribution in [0.25, 0.3) is 5.65 Å². The maximum Gasteiger partial charge on any atom is 0.249 e. The van der Waals surface area contributed by atoms with Crippen LogP contribution in [0.3, 0.4) is 0 Å². The molecule has 1 aliphatic heterocycles. The normalized spacial score (nSPS) is 18.5. The number of fused-ring (bicyclic) bond motifs is 1. The van der Waals surface area contributed by atoms with E-state index in [1.165, 1.54) is 7.11 Å². The fraction of sp³-hybridized carbons (Fsp3) is 0.500. The van der Waals surface area contributed by atoms with Crippen molar-refractivity contribution in [3.63, 3.8) is 0 Å². The van der Waals surface area contributed by atoms with Gasteiger partial charge in [-0.2, -0.15) is 0 Å². The van der Waals surface area contributed by atoms with Crippen LogP contribution in [0, 0.1) is 0 Å². The van der Waals surface area contributed by atoms with Crippen molar-refractivity contribution >= 4 is 17.5 Å². The van der Waals surface area contributed by atoms with E-state index in [9.17, 15) is 9.59 Å². The molecule has 134 valence electrons. The van der Waals surface area contributed by atoms with Crippen molar-refractivity contribution in [2.45, 2.75) is 12.6 Å². The van der Waals surface area contributed by atoms with Crippen LogP contribution < -0.4 is 5.32 Å². The molecule has 0 aromatic carbocycles. The van der Waals surface area contributed by atoms with Crippen molar-refractivity contribution in [2.24, 2.45) is 0 Å². The zero-order valence-electron chi connectivity index (χ0n) is 14.4. The number of methoxy groups -OCH3 is 1. The molecule has 25 heavy (non-hydrogen) atoms. The SMILES string of the molecule is COCC(=O)N1CCN(C)C[C@@H]1C(=O)NCc1cnc2cnccn12. The number of imidazole rings is 1. The Morgan fingerprint density at radius 3 is 3.00 bits per heavy atom. The molecule has 1 atom stereocenters. The van der Waals surface area contributed by atoms with Gasteiger partial charge in [-0.3, -0.25) is 19.0 Å². The molecule has 3 heterocycles. The molecule has 1 fully saturated rings. The Hall–Kier alpha value is -2.52. The van der Waals surface area contributed by atoms with Gasteiger partial charge in [0.05, 0.1) is 24.6 Å². The lowest BCUT2D eigenvalue weighted by atomic mass is 10.1. The average Bonchev–Trinajstić information content (AvgIpc) is 3.03. The summed E-state index contributed by atoms with van der Waals surface area (Å²) in [6, 6.07) is -0.526. The highest BCUT2D eigenvalue weighted by molar-refractivity contribution is 5.88. The van der Waals surface area contributed by atoms with Crippen LogP contribution in [-0.4, -0.2) is 82.4 Å². The molecular formula is C16H22N6O3. The van der Waals surface area contributed by atoms with E-state index in [0.717, 1.165) is 17.9 Å². The lowest BCUT2D eigenvalue weighted by molar-refractivity contribution is -0.146. The number of carbonyl (C=O) groups excluding carboxylic acids is 2. The van der Waals surface area contributed by atoms with Crippen molar-refractivity contribution < 1.29 is 14.3 Å². The molecule has 9 nitrogen and oxygen atoms in total. The van der Waals surface area contributed by atoms with Gasteiger partial charge >= 0.3 is 0 Å². The van der Waals surface area contributed by atoms with Crippen molar-refractivity contribution in [3.8, 4) is 0 Å². The van der Waals surface area contributed by atoms with Crippen LogP contribution in [0.2, 0.25) is 0 Å². The second-order valence-corrected chi connectivity index (χ2v) is 6.07. The minimum Gasteiger partial charge on any atom is -0.375 e. The summed E-state index contributed by atoms with van der Waals surface area (Å²) in [6.45, 7) is 2.06. The Morgan fingerprint density at radius 1 is 1.36 bits per heavy atom. The third-order valence-electron chi connectivity index (χ3n) is 4.31. The van der Waals surface area contributed by atoms with E-state index in [1.54, 1.807) is 29.7 Å². The van der Waals surface area contributed by atoms with Crippen LogP contribution in [0.15, 0.2) is 24.8 Å². The summed E-state index contributed by atoms with van der Waals surface area (Å²) in [7, 11) is 3.42. The maximum absolute atomic E-state index is 12.7. The molecule has 0 radical (unpaired) electrons. The predicted octanol–water partition coefficient (Wildman–Crippen LogP) is -0.865. The number of rotatable bonds is 5. The number of piperazine rings is 1. The quantitative estimate of drug-likeness (QED) is 0.757. The van der Waals surface area contributed by atoms with E-state index in [4.69, 9.17) is 4.74 Å². The Morgan fingerprint density at radius 2 is 2.20 bits per heavy atom. The fourth-order valence-corrected chi connectivity index (χ4v) is 2.97. The van der Waals surface area contributed by atoms with Crippen LogP contribution in [0.1, 0.15) is 5.69 Å². The number of nitrogens with zero attached hydrogens (tertiary/aromatic N) is 5. The molecule has 1 N–H and O–H groups in total. The zero-order chi connectivity index (χ0) is 17.8. The predicted molar refractivity (Wildman–Crippen MR) is 89.7 cm³/mol. The summed E-state index contributed by atoms with van der Waals surface area (Å²) in [5.74, 6) is -0.350. The topological polar surface area (TPSA) is 92.1 Å². The Labute approximate surface area is 145 Å². The monoisotopic (exact) mass is 346 g/mol. The van der Waals surface area contributed by atoms with Gasteiger partial charge in [0.25, 0.3) is 0 Å². The highest BCUT2D eigenvalue weighted by Crippen LogP contribution is 2.10. The van der Waals surface area contributed by atoms with E-state index >= 15 is 0 Å². The summed E-state index contributed by atoms with van der Waals surface area (Å²) in [6.07, 6.45) is 6.83. The Kier molecular flexibility index (Phi) is 5.25. The number of likely N-dealkylation sites (N-methyl/N-ethyl adjacent to an activating group) is 1. The van der Waals surface area contributed by atoms with Crippen LogP contribution >= 0.6 is 0 Å². The number of carbonyl (C=O) groups is 2. The molecule has 0 spiro atoms. The largest absolute Gasteiger partial charge is 0.375 e. The number of amides is 2. The zero-order valence-corrected chi connectivity index (χ0v) is 14.4. The summed E-state index contributed by atoms with van der Waals surface area (Å²) >= 11 is 0. The maximum atomic E-state index is 12.7. The van der Waals surface area contributed by atoms with Gasteiger partial charge in [0, 0.05) is 39.1 Å². The third-order valence-corrected chi connectivity index (χ3v) is 4.31. The summed E-state index contributed by atoms with van der Waals surface area (Å²) in [5, 5.41) is 2.91. The molecule has 0 aliphatic carbocycles. The Bertz CT molecular complexity index is 761. The second kappa shape index (κ2) is 7.58. The molecule has 2 amide bonds. The van der Waals surface area contributed by atoms with Gasteiger partial charge in [-0.15, -0.1) is 0 Å². The molecule has 0 bridgehead atoms. The lowest BCUT2D eigenvalue weighted by Crippen LogP contribution is -2.60. The van der Waals surface area contributed by atoms with Gasteiger partial charge in [0.15, 0.2) is 5.65 Å². The average molecular weight is 346 g/mol. The van der Waals surface area contributed by atoms with Crippen molar-refractivity contribution in [2.75, 3.05) is 40.4 Å². The van der Waals surface area contributed by atoms with Gasteiger partial charge in [-0.25, -0.2) is 4.98 Å². The molecule has 2 aromatic rings. The van der Waals surface area contributed by atoms with E-state index < -0.39 is 6.04 Å². The van der Waals surface area contributed by atoms with Crippen molar-refractivity contribution in [1.29, 1.82) is 0 Å². The van der Waals surface area contributed by atoms with Gasteiger partial charge in [-0.1, -0.05) is 0 Å². The van der Waals surface area contributed by atoms with Crippen LogP contribution in [-0.2, 0) is 20.9 Å². The first-order valence-corrected chi connectivity index (χ1v) is 8.10. The molecule has 1 aliphatic rings. The van der Waals surface area contributed by atoms with E-state index in [-0.39, 0.29) is 18.4 Å². The lowest BCUT2D eigenvalue weighted by Gasteiger charge is -2.38. The molecule has 1 saturated heterocycles. The summed E-state index contributed by atoms with van der Waals surface area (Å²) in [4.78, 5) is 36.8. The Balaban J connectivity index is 1.68. The fourth-order valence-electron chi connectivity index (χ4n) is 2.97. The minimum atomic E-state index is -0.526. The highest BCUT2D eigenvalue weighted by atomic mass is 16.5. The standard InChI is InChI=1S/C16H22N6O3/c1-20-5-6-22(15(23)11-25-2)13(10-20)16(24)19-8-12-7-18-14-9-17-3-4-21(12)14/h3-4,7,9,13H,5-6,8,10-11H2,1-2H3,(H,19,24)/t13-/m1/s1. The van der Waals surface area contributed by atoms with Crippen LogP contribution in [0.4, 0.5) is 0 Å². The minimum absolute atomic E-state index is 0.0201. The van der Waals surface area contributed by atoms with Crippen molar-refractivity contribution in [1.82, 2.24) is 29.5 Å². The van der Waals surface area contributed by atoms with Gasteiger partial charge in [0.1, 0.15) is 12.6 Å². The number of hydrogen-bond donors (Lipinski definition) is 1. The number of ether oxygens (including phenoxy) is 1. The first kappa shape index (κ1) is 17.3. The number of hydrogen-bond acceptors (Lipinski definition) is 6. The summed E-state index contributed by atoms with van der Waals surface area (Å²) < 4.78 is 6.79. The number of aromatic nitrogens is 3. The highest BCUT2D eigenvalue weighted by Gasteiger charge is 2.33. The molecule has 9 heteroatoms. The molecular weight excluding hydrogens is 324 g/mol. The molecule has 0 unspecified atom stereocenters. The molecule has 0 saturated carbocycles. The van der Waals surface area contributed by atoms with E-state index in [2.05, 4.69) is 15.3 Å². The first-order valence-electron chi connectivity index (χ1n) is 8.10. The van der Waals surface area contributed by atoms with Crippen molar-refractivity contribution in [3.05, 3.63) is 30.5 Å². The van der Waals surface area contributed by atoms with Gasteiger partial charge < -0.3 is 19.9 Å². The van der Waals surface area contributed by atoms with Gasteiger partial charge in [0.2, 0.25) is 11.8 Å². The second-order valence-electron chi connectivity index (χ2n) is 6.07. The van der Waals surface area contributed by atoms with Crippen LogP contribution in [0.5, 0.6) is 0 Å². The first-order chi connectivity index (χ1) is 12.1. The third kappa shape index (κ3) is 3.77. The molecule has 2 aromatic heterocycles. The van der Waals surface area contributed by atoms with E-state index in [1.807, 2.05) is 16.3 Å². The summed E-state index contributed by atoms with van der Waals surface area (Å²) in [5.41, 5.74) is 1.57. The smallest absolute Gasteiger partial charge is 0.249 e. The molecule has 3 rings (SSSR count). The van der Waals surface area contributed by atoms with E-state index in [0.29, 0.717) is 19.6 Å².